The zero-order valence-electron chi connectivity index (χ0n) is 11.4. The van der Waals surface area contributed by atoms with E-state index in [1.165, 1.54) is 25.5 Å². The molecule has 0 saturated carbocycles. The maximum Gasteiger partial charge on any atom is 0.330 e. The summed E-state index contributed by atoms with van der Waals surface area (Å²) in [6, 6.07) is 0. The molecule has 0 N–H and O–H groups in total. The van der Waals surface area contributed by atoms with Crippen LogP contribution in [-0.4, -0.2) is 23.2 Å². The molecule has 0 spiro atoms. The molecule has 0 aromatic heterocycles. The summed E-state index contributed by atoms with van der Waals surface area (Å²) in [6.45, 7) is 3.59. The third-order valence-electron chi connectivity index (χ3n) is 3.43. The van der Waals surface area contributed by atoms with Crippen LogP contribution in [0.25, 0.3) is 0 Å². The van der Waals surface area contributed by atoms with Crippen molar-refractivity contribution < 1.29 is 14.3 Å². The van der Waals surface area contributed by atoms with Gasteiger partial charge in [-0.05, 0) is 38.5 Å². The lowest BCUT2D eigenvalue weighted by Crippen LogP contribution is -2.41. The van der Waals surface area contributed by atoms with E-state index in [9.17, 15) is 9.59 Å². The number of esters is 1. The van der Waals surface area contributed by atoms with Gasteiger partial charge in [0.1, 0.15) is 0 Å². The van der Waals surface area contributed by atoms with E-state index in [4.69, 9.17) is 4.74 Å². The summed E-state index contributed by atoms with van der Waals surface area (Å²) in [5.41, 5.74) is 1.33. The summed E-state index contributed by atoms with van der Waals surface area (Å²) in [7, 11) is 1.29. The number of halogens is 1. The Labute approximate surface area is 123 Å². The molecule has 1 atom stereocenters. The minimum absolute atomic E-state index is 0.134. The fourth-order valence-electron chi connectivity index (χ4n) is 2.28. The molecular weight excluding hydrogens is 308 g/mol. The molecule has 0 fully saturated rings. The number of hydrogen-bond donors (Lipinski definition) is 0. The Balaban J connectivity index is 2.64. The van der Waals surface area contributed by atoms with Gasteiger partial charge in [0.15, 0.2) is 10.1 Å². The van der Waals surface area contributed by atoms with Gasteiger partial charge < -0.3 is 4.74 Å². The van der Waals surface area contributed by atoms with Crippen molar-refractivity contribution >= 4 is 27.7 Å². The van der Waals surface area contributed by atoms with E-state index in [2.05, 4.69) is 28.6 Å². The van der Waals surface area contributed by atoms with Crippen LogP contribution in [0.1, 0.15) is 44.9 Å². The molecular formula is C15H21BrO3. The van der Waals surface area contributed by atoms with E-state index in [0.29, 0.717) is 6.42 Å². The largest absolute Gasteiger partial charge is 0.468 e. The predicted molar refractivity (Wildman–Crippen MR) is 79.3 cm³/mol. The molecule has 0 saturated heterocycles. The van der Waals surface area contributed by atoms with Crippen molar-refractivity contribution in [3.63, 3.8) is 0 Å². The highest BCUT2D eigenvalue weighted by atomic mass is 79.9. The van der Waals surface area contributed by atoms with Gasteiger partial charge in [-0.25, -0.2) is 0 Å². The lowest BCUT2D eigenvalue weighted by atomic mass is 9.91. The van der Waals surface area contributed by atoms with Gasteiger partial charge in [0.25, 0.3) is 0 Å². The van der Waals surface area contributed by atoms with Gasteiger partial charge in [-0.3, -0.25) is 9.59 Å². The molecule has 0 aliphatic heterocycles. The van der Waals surface area contributed by atoms with E-state index in [0.717, 1.165) is 19.3 Å². The van der Waals surface area contributed by atoms with Crippen LogP contribution in [0.4, 0.5) is 0 Å². The van der Waals surface area contributed by atoms with Crippen molar-refractivity contribution in [3.8, 4) is 0 Å². The van der Waals surface area contributed by atoms with Crippen LogP contribution in [0.3, 0.4) is 0 Å². The van der Waals surface area contributed by atoms with Gasteiger partial charge in [-0.2, -0.15) is 0 Å². The quantitative estimate of drug-likeness (QED) is 0.309. The molecule has 1 aliphatic rings. The highest BCUT2D eigenvalue weighted by molar-refractivity contribution is 9.10. The van der Waals surface area contributed by atoms with Crippen LogP contribution in [0.2, 0.25) is 0 Å². The molecule has 1 unspecified atom stereocenters. The van der Waals surface area contributed by atoms with Gasteiger partial charge in [-0.15, -0.1) is 6.58 Å². The number of Topliss-reactive ketones (excluding diaryl/α,β-unsaturated/α-hetero) is 1. The van der Waals surface area contributed by atoms with Gasteiger partial charge in [0.2, 0.25) is 0 Å². The maximum absolute atomic E-state index is 12.3. The smallest absolute Gasteiger partial charge is 0.330 e. The first kappa shape index (κ1) is 16.2. The fraction of sp³-hybridized carbons (Fsp3) is 0.600. The van der Waals surface area contributed by atoms with E-state index in [1.807, 2.05) is 0 Å². The summed E-state index contributed by atoms with van der Waals surface area (Å²) >= 11 is 3.25. The van der Waals surface area contributed by atoms with E-state index in [1.54, 1.807) is 6.08 Å². The van der Waals surface area contributed by atoms with Crippen molar-refractivity contribution in [3.05, 3.63) is 24.3 Å². The average Bonchev–Trinajstić information content (AvgIpc) is 2.45. The summed E-state index contributed by atoms with van der Waals surface area (Å²) in [5.74, 6) is -0.680. The van der Waals surface area contributed by atoms with E-state index >= 15 is 0 Å². The summed E-state index contributed by atoms with van der Waals surface area (Å²) in [6.07, 6.45) is 9.73. The molecule has 19 heavy (non-hydrogen) atoms. The lowest BCUT2D eigenvalue weighted by Gasteiger charge is -2.22. The Hall–Kier alpha value is -0.900. The number of alkyl halides is 1. The van der Waals surface area contributed by atoms with Crippen molar-refractivity contribution in [1.29, 1.82) is 0 Å². The van der Waals surface area contributed by atoms with Crippen LogP contribution in [0.15, 0.2) is 24.3 Å². The zero-order valence-corrected chi connectivity index (χ0v) is 13.0. The SMILES string of the molecule is C=CCC(Br)(C(=O)CCC1=CCCCC1)C(=O)OC. The van der Waals surface area contributed by atoms with Crippen LogP contribution in [0.5, 0.6) is 0 Å². The number of ether oxygens (including phenoxy) is 1. The molecule has 0 aromatic carbocycles. The number of hydrogen-bond acceptors (Lipinski definition) is 3. The Kier molecular flexibility index (Phi) is 6.49. The van der Waals surface area contributed by atoms with Crippen LogP contribution in [-0.2, 0) is 14.3 Å². The second-order valence-corrected chi connectivity index (χ2v) is 6.17. The fourth-order valence-corrected chi connectivity index (χ4v) is 2.86. The highest BCUT2D eigenvalue weighted by Gasteiger charge is 2.42. The average molecular weight is 329 g/mol. The molecule has 0 bridgehead atoms. The molecule has 0 radical (unpaired) electrons. The second kappa shape index (κ2) is 7.63. The number of rotatable bonds is 7. The van der Waals surface area contributed by atoms with Crippen molar-refractivity contribution in [2.45, 2.75) is 49.3 Å². The van der Waals surface area contributed by atoms with Crippen molar-refractivity contribution in [1.82, 2.24) is 0 Å². The summed E-state index contributed by atoms with van der Waals surface area (Å²) in [4.78, 5) is 24.0. The van der Waals surface area contributed by atoms with Gasteiger partial charge in [-0.1, -0.05) is 33.7 Å². The molecule has 1 rings (SSSR count). The van der Waals surface area contributed by atoms with Gasteiger partial charge in [0, 0.05) is 6.42 Å². The first-order valence-corrected chi connectivity index (χ1v) is 7.43. The Bertz CT molecular complexity index is 387. The monoisotopic (exact) mass is 328 g/mol. The third-order valence-corrected chi connectivity index (χ3v) is 4.52. The molecule has 4 heteroatoms. The minimum atomic E-state index is -1.27. The predicted octanol–water partition coefficient (Wildman–Crippen LogP) is 3.72. The first-order valence-electron chi connectivity index (χ1n) is 6.64. The highest BCUT2D eigenvalue weighted by Crippen LogP contribution is 2.30. The van der Waals surface area contributed by atoms with Crippen LogP contribution < -0.4 is 0 Å². The van der Waals surface area contributed by atoms with Gasteiger partial charge in [0.05, 0.1) is 7.11 Å². The van der Waals surface area contributed by atoms with Crippen LogP contribution >= 0.6 is 15.9 Å². The molecule has 0 heterocycles. The van der Waals surface area contributed by atoms with E-state index in [-0.39, 0.29) is 12.2 Å². The number of carbonyl (C=O) groups is 2. The Morgan fingerprint density at radius 2 is 2.26 bits per heavy atom. The summed E-state index contributed by atoms with van der Waals surface area (Å²) in [5, 5.41) is 0. The molecule has 0 aromatic rings. The van der Waals surface area contributed by atoms with Crippen molar-refractivity contribution in [2.75, 3.05) is 7.11 Å². The normalized spacial score (nSPS) is 18.1. The standard InChI is InChI=1S/C15H21BrO3/c1-3-11-15(16,14(18)19-2)13(17)10-9-12-7-5-4-6-8-12/h3,7H,1,4-6,8-11H2,2H3. The Morgan fingerprint density at radius 1 is 1.53 bits per heavy atom. The Morgan fingerprint density at radius 3 is 2.79 bits per heavy atom. The van der Waals surface area contributed by atoms with E-state index < -0.39 is 10.3 Å². The number of allylic oxidation sites excluding steroid dienone is 3. The molecule has 0 amide bonds. The molecule has 1 aliphatic carbocycles. The minimum Gasteiger partial charge on any atom is -0.468 e. The number of ketones is 1. The lowest BCUT2D eigenvalue weighted by molar-refractivity contribution is -0.146. The molecule has 106 valence electrons. The topological polar surface area (TPSA) is 43.4 Å². The molecule has 3 nitrogen and oxygen atoms in total. The number of methoxy groups -OCH3 is 1. The zero-order chi connectivity index (χ0) is 14.3. The maximum atomic E-state index is 12.3. The third kappa shape index (κ3) is 4.30. The number of carbonyl (C=O) groups excluding carboxylic acids is 2. The van der Waals surface area contributed by atoms with Crippen LogP contribution in [0, 0.1) is 0 Å². The summed E-state index contributed by atoms with van der Waals surface area (Å²) < 4.78 is 3.45. The van der Waals surface area contributed by atoms with Gasteiger partial charge >= 0.3 is 5.97 Å². The van der Waals surface area contributed by atoms with Crippen molar-refractivity contribution in [2.24, 2.45) is 0 Å². The second-order valence-electron chi connectivity index (χ2n) is 4.82. The first-order chi connectivity index (χ1) is 9.04.